The molecule has 0 radical (unpaired) electrons. The first-order valence-electron chi connectivity index (χ1n) is 6.06. The molecule has 2 heterocycles. The molecule has 0 atom stereocenters. The van der Waals surface area contributed by atoms with E-state index in [4.69, 9.17) is 16.3 Å². The van der Waals surface area contributed by atoms with Gasteiger partial charge in [-0.1, -0.05) is 11.6 Å². The Balaban J connectivity index is 2.04. The van der Waals surface area contributed by atoms with E-state index in [9.17, 15) is 0 Å². The summed E-state index contributed by atoms with van der Waals surface area (Å²) in [6, 6.07) is 7.41. The summed E-state index contributed by atoms with van der Waals surface area (Å²) in [5, 5.41) is 4.65. The van der Waals surface area contributed by atoms with Gasteiger partial charge in [0.2, 0.25) is 11.8 Å². The van der Waals surface area contributed by atoms with E-state index >= 15 is 0 Å². The van der Waals surface area contributed by atoms with Crippen molar-refractivity contribution < 1.29 is 4.74 Å². The van der Waals surface area contributed by atoms with E-state index in [0.29, 0.717) is 21.3 Å². The molecule has 106 valence electrons. The molecule has 0 amide bonds. The predicted molar refractivity (Wildman–Crippen MR) is 86.3 cm³/mol. The monoisotopic (exact) mass is 364 g/mol. The molecule has 0 unspecified atom stereocenters. The Morgan fingerprint density at radius 1 is 1.24 bits per heavy atom. The predicted octanol–water partition coefficient (Wildman–Crippen LogP) is 4.19. The maximum Gasteiger partial charge on any atom is 0.232 e. The lowest BCUT2D eigenvalue weighted by molar-refractivity contribution is 0.394. The van der Waals surface area contributed by atoms with Crippen LogP contribution in [0.4, 0.5) is 11.6 Å². The zero-order chi connectivity index (χ0) is 14.8. The topological polar surface area (TPSA) is 59.9 Å². The summed E-state index contributed by atoms with van der Waals surface area (Å²) < 4.78 is 5.84. The van der Waals surface area contributed by atoms with Gasteiger partial charge in [0.25, 0.3) is 0 Å². The molecule has 0 fully saturated rings. The second-order valence-electron chi connectivity index (χ2n) is 4.17. The molecule has 0 saturated heterocycles. The summed E-state index contributed by atoms with van der Waals surface area (Å²) >= 11 is 9.49. The molecule has 0 aliphatic rings. The summed E-state index contributed by atoms with van der Waals surface area (Å²) in [5.41, 5.74) is 1.54. The molecular formula is C14H10BrClN4O. The quantitative estimate of drug-likeness (QED) is 0.754. The van der Waals surface area contributed by atoms with E-state index in [1.54, 1.807) is 19.5 Å². The molecule has 0 spiro atoms. The van der Waals surface area contributed by atoms with Crippen molar-refractivity contribution in [3.05, 3.63) is 46.2 Å². The maximum atomic E-state index is 6.18. The molecule has 0 aliphatic heterocycles. The minimum absolute atomic E-state index is 0.421. The number of nitrogens with zero attached hydrogens (tertiary/aromatic N) is 3. The van der Waals surface area contributed by atoms with Crippen LogP contribution < -0.4 is 10.1 Å². The number of benzene rings is 1. The van der Waals surface area contributed by atoms with Crippen molar-refractivity contribution in [2.45, 2.75) is 0 Å². The van der Waals surface area contributed by atoms with Gasteiger partial charge < -0.3 is 10.1 Å². The minimum atomic E-state index is 0.421. The van der Waals surface area contributed by atoms with Gasteiger partial charge in [0.05, 0.1) is 34.0 Å². The number of fused-ring (bicyclic) bond motifs is 1. The second kappa shape index (κ2) is 5.83. The highest BCUT2D eigenvalue weighted by molar-refractivity contribution is 9.10. The smallest absolute Gasteiger partial charge is 0.232 e. The normalized spacial score (nSPS) is 10.6. The van der Waals surface area contributed by atoms with Gasteiger partial charge in [-0.25, -0.2) is 4.98 Å². The van der Waals surface area contributed by atoms with Crippen LogP contribution in [0.2, 0.25) is 5.02 Å². The molecule has 21 heavy (non-hydrogen) atoms. The Kier molecular flexibility index (Phi) is 3.90. The highest BCUT2D eigenvalue weighted by atomic mass is 79.9. The maximum absolute atomic E-state index is 6.18. The van der Waals surface area contributed by atoms with Crippen LogP contribution in [0.15, 0.2) is 41.1 Å². The van der Waals surface area contributed by atoms with Gasteiger partial charge in [0.15, 0.2) is 0 Å². The average Bonchev–Trinajstić information content (AvgIpc) is 2.52. The molecule has 0 saturated carbocycles. The lowest BCUT2D eigenvalue weighted by Crippen LogP contribution is -2.00. The van der Waals surface area contributed by atoms with E-state index in [-0.39, 0.29) is 0 Å². The molecule has 1 N–H and O–H groups in total. The van der Waals surface area contributed by atoms with Crippen LogP contribution >= 0.6 is 27.5 Å². The van der Waals surface area contributed by atoms with Crippen LogP contribution in [0.5, 0.6) is 5.88 Å². The summed E-state index contributed by atoms with van der Waals surface area (Å²) in [6.45, 7) is 0. The fourth-order valence-corrected chi connectivity index (χ4v) is 2.48. The van der Waals surface area contributed by atoms with Crippen LogP contribution in [-0.2, 0) is 0 Å². The molecule has 7 heteroatoms. The van der Waals surface area contributed by atoms with Gasteiger partial charge in [-0.3, -0.25) is 4.98 Å². The van der Waals surface area contributed by atoms with Crippen molar-refractivity contribution in [2.24, 2.45) is 0 Å². The Hall–Kier alpha value is -1.92. The summed E-state index contributed by atoms with van der Waals surface area (Å²) in [4.78, 5) is 12.8. The largest absolute Gasteiger partial charge is 0.480 e. The lowest BCUT2D eigenvalue weighted by atomic mass is 10.2. The van der Waals surface area contributed by atoms with Gasteiger partial charge in [0.1, 0.15) is 0 Å². The standard InChI is InChI=1S/C14H10BrClN4O/c1-21-13-9(15)7-18-14(20-13)19-11-5-4-10(16)8-3-2-6-17-12(8)11/h2-7H,1H3,(H,18,19,20). The number of pyridine rings is 1. The first-order chi connectivity index (χ1) is 10.2. The van der Waals surface area contributed by atoms with Gasteiger partial charge in [-0.15, -0.1) is 0 Å². The number of aromatic nitrogens is 3. The second-order valence-corrected chi connectivity index (χ2v) is 5.43. The third kappa shape index (κ3) is 2.77. The van der Waals surface area contributed by atoms with E-state index in [2.05, 4.69) is 36.2 Å². The van der Waals surface area contributed by atoms with Crippen LogP contribution in [0.1, 0.15) is 0 Å². The van der Waals surface area contributed by atoms with Crippen molar-refractivity contribution in [1.82, 2.24) is 15.0 Å². The number of halogens is 2. The molecule has 3 aromatic rings. The van der Waals surface area contributed by atoms with Crippen LogP contribution in [0.3, 0.4) is 0 Å². The van der Waals surface area contributed by atoms with Crippen molar-refractivity contribution in [1.29, 1.82) is 0 Å². The molecule has 0 aliphatic carbocycles. The Morgan fingerprint density at radius 2 is 2.10 bits per heavy atom. The first-order valence-corrected chi connectivity index (χ1v) is 7.23. The number of methoxy groups -OCH3 is 1. The summed E-state index contributed by atoms with van der Waals surface area (Å²) in [6.07, 6.45) is 3.34. The number of ether oxygens (including phenoxy) is 1. The van der Waals surface area contributed by atoms with E-state index in [0.717, 1.165) is 16.6 Å². The van der Waals surface area contributed by atoms with E-state index in [1.165, 1.54) is 0 Å². The summed E-state index contributed by atoms with van der Waals surface area (Å²) in [7, 11) is 1.55. The van der Waals surface area contributed by atoms with Crippen LogP contribution in [0.25, 0.3) is 10.9 Å². The molecule has 0 bridgehead atoms. The fraction of sp³-hybridized carbons (Fsp3) is 0.0714. The minimum Gasteiger partial charge on any atom is -0.480 e. The lowest BCUT2D eigenvalue weighted by Gasteiger charge is -2.10. The SMILES string of the molecule is COc1nc(Nc2ccc(Cl)c3cccnc23)ncc1Br. The van der Waals surface area contributed by atoms with Gasteiger partial charge >= 0.3 is 0 Å². The number of hydrogen-bond donors (Lipinski definition) is 1. The number of hydrogen-bond acceptors (Lipinski definition) is 5. The number of nitrogens with one attached hydrogen (secondary N) is 1. The fourth-order valence-electron chi connectivity index (χ4n) is 1.91. The van der Waals surface area contributed by atoms with Crippen LogP contribution in [-0.4, -0.2) is 22.1 Å². The van der Waals surface area contributed by atoms with Gasteiger partial charge in [-0.05, 0) is 40.2 Å². The highest BCUT2D eigenvalue weighted by Crippen LogP contribution is 2.30. The van der Waals surface area contributed by atoms with Crippen molar-refractivity contribution >= 4 is 50.1 Å². The Labute approximate surface area is 134 Å². The van der Waals surface area contributed by atoms with Crippen LogP contribution in [0, 0.1) is 0 Å². The van der Waals surface area contributed by atoms with Gasteiger partial charge in [-0.2, -0.15) is 4.98 Å². The van der Waals surface area contributed by atoms with E-state index in [1.807, 2.05) is 24.3 Å². The third-order valence-electron chi connectivity index (χ3n) is 2.87. The molecule has 3 rings (SSSR count). The third-order valence-corrected chi connectivity index (χ3v) is 3.74. The Morgan fingerprint density at radius 3 is 2.90 bits per heavy atom. The highest BCUT2D eigenvalue weighted by Gasteiger charge is 2.09. The number of anilines is 2. The summed E-state index contributed by atoms with van der Waals surface area (Å²) in [5.74, 6) is 0.878. The Bertz CT molecular complexity index is 812. The van der Waals surface area contributed by atoms with Crippen molar-refractivity contribution in [2.75, 3.05) is 12.4 Å². The molecule has 1 aromatic carbocycles. The molecule has 5 nitrogen and oxygen atoms in total. The first kappa shape index (κ1) is 14.0. The zero-order valence-corrected chi connectivity index (χ0v) is 13.3. The zero-order valence-electron chi connectivity index (χ0n) is 11.0. The van der Waals surface area contributed by atoms with Crippen molar-refractivity contribution in [3.8, 4) is 5.88 Å². The number of rotatable bonds is 3. The van der Waals surface area contributed by atoms with E-state index < -0.39 is 0 Å². The molecular weight excluding hydrogens is 356 g/mol. The molecule has 2 aromatic heterocycles. The van der Waals surface area contributed by atoms with Crippen molar-refractivity contribution in [3.63, 3.8) is 0 Å². The van der Waals surface area contributed by atoms with Gasteiger partial charge in [0, 0.05) is 11.6 Å². The average molecular weight is 366 g/mol.